The molecule has 0 fully saturated rings. The third-order valence-corrected chi connectivity index (χ3v) is 5.94. The molecule has 2 heterocycles. The summed E-state index contributed by atoms with van der Waals surface area (Å²) in [6.07, 6.45) is 2.16. The Hall–Kier alpha value is -3.26. The van der Waals surface area contributed by atoms with Gasteiger partial charge >= 0.3 is 5.97 Å². The topological polar surface area (TPSA) is 89.5 Å². The smallest absolute Gasteiger partial charge is 0.326 e. The first kappa shape index (κ1) is 21.0. The summed E-state index contributed by atoms with van der Waals surface area (Å²) in [6.45, 7) is 5.43. The highest BCUT2D eigenvalue weighted by atomic mass is 79.9. The van der Waals surface area contributed by atoms with Crippen molar-refractivity contribution in [1.82, 2.24) is 14.2 Å². The molecule has 158 valence electrons. The fourth-order valence-electron chi connectivity index (χ4n) is 3.85. The number of carboxylic acid groups (broad SMARTS) is 1. The van der Waals surface area contributed by atoms with Gasteiger partial charge in [-0.05, 0) is 38.1 Å². The van der Waals surface area contributed by atoms with E-state index in [4.69, 9.17) is 0 Å². The van der Waals surface area contributed by atoms with Gasteiger partial charge in [0.1, 0.15) is 11.9 Å². The zero-order chi connectivity index (χ0) is 22.3. The van der Waals surface area contributed by atoms with Crippen LogP contribution in [0.2, 0.25) is 0 Å². The monoisotopic (exact) mass is 480 g/mol. The number of halogens is 1. The second-order valence-electron chi connectivity index (χ2n) is 7.31. The number of aryl methyl sites for hydroxylation is 1. The van der Waals surface area contributed by atoms with Crippen molar-refractivity contribution >= 4 is 49.9 Å². The lowest BCUT2D eigenvalue weighted by Crippen LogP contribution is -2.22. The Labute approximate surface area is 186 Å². The molecule has 0 saturated carbocycles. The Kier molecular flexibility index (Phi) is 5.49. The predicted molar refractivity (Wildman–Crippen MR) is 125 cm³/mol. The lowest BCUT2D eigenvalue weighted by molar-refractivity contribution is -0.140. The summed E-state index contributed by atoms with van der Waals surface area (Å²) in [5.41, 5.74) is 2.72. The van der Waals surface area contributed by atoms with E-state index in [2.05, 4.69) is 26.0 Å². The van der Waals surface area contributed by atoms with Crippen molar-refractivity contribution in [1.29, 1.82) is 0 Å². The van der Waals surface area contributed by atoms with E-state index in [1.807, 2.05) is 44.2 Å². The maximum absolute atomic E-state index is 13.1. The third kappa shape index (κ3) is 3.57. The first-order valence-corrected chi connectivity index (χ1v) is 10.7. The van der Waals surface area contributed by atoms with E-state index in [-0.39, 0.29) is 5.56 Å². The molecule has 0 radical (unpaired) electrons. The molecule has 8 heteroatoms. The number of aromatic nitrogens is 3. The first-order valence-electron chi connectivity index (χ1n) is 9.91. The number of aliphatic carboxylic acids is 1. The fraction of sp³-hybridized carbons (Fsp3) is 0.217. The minimum atomic E-state index is -0.916. The number of rotatable bonds is 5. The highest BCUT2D eigenvalue weighted by Crippen LogP contribution is 2.28. The molecule has 0 unspecified atom stereocenters. The van der Waals surface area contributed by atoms with E-state index >= 15 is 0 Å². The average Bonchev–Trinajstić information content (AvgIpc) is 3.04. The van der Waals surface area contributed by atoms with Crippen LogP contribution < -0.4 is 5.56 Å². The molecule has 0 spiro atoms. The maximum atomic E-state index is 13.1. The number of benzene rings is 2. The molecular formula is C23H21BrN4O3. The molecule has 4 rings (SSSR count). The number of carboxylic acids is 1. The van der Waals surface area contributed by atoms with Gasteiger partial charge in [0.05, 0.1) is 17.1 Å². The van der Waals surface area contributed by atoms with Gasteiger partial charge in [-0.1, -0.05) is 41.1 Å². The summed E-state index contributed by atoms with van der Waals surface area (Å²) < 4.78 is 3.89. The van der Waals surface area contributed by atoms with Crippen molar-refractivity contribution in [3.05, 3.63) is 74.4 Å². The van der Waals surface area contributed by atoms with Gasteiger partial charge < -0.3 is 9.67 Å². The molecule has 0 saturated heterocycles. The summed E-state index contributed by atoms with van der Waals surface area (Å²) in [6, 6.07) is 12.2. The second-order valence-corrected chi connectivity index (χ2v) is 8.22. The summed E-state index contributed by atoms with van der Waals surface area (Å²) in [5.74, 6) is -0.363. The van der Waals surface area contributed by atoms with Crippen molar-refractivity contribution < 1.29 is 9.90 Å². The van der Waals surface area contributed by atoms with E-state index in [1.165, 1.54) is 4.68 Å². The highest BCUT2D eigenvalue weighted by molar-refractivity contribution is 9.10. The van der Waals surface area contributed by atoms with E-state index in [1.54, 1.807) is 29.8 Å². The minimum absolute atomic E-state index is 0.250. The number of fused-ring (bicyclic) bond motifs is 2. The predicted octanol–water partition coefficient (Wildman–Crippen LogP) is 4.51. The van der Waals surface area contributed by atoms with Gasteiger partial charge in [0.15, 0.2) is 0 Å². The van der Waals surface area contributed by atoms with E-state index in [0.29, 0.717) is 23.1 Å². The fourth-order valence-corrected chi connectivity index (χ4v) is 4.21. The molecule has 1 atom stereocenters. The van der Waals surface area contributed by atoms with Crippen molar-refractivity contribution in [2.45, 2.75) is 33.2 Å². The molecule has 0 aliphatic heterocycles. The average molecular weight is 481 g/mol. The van der Waals surface area contributed by atoms with Gasteiger partial charge in [-0.25, -0.2) is 9.78 Å². The van der Waals surface area contributed by atoms with Crippen LogP contribution in [0.4, 0.5) is 0 Å². The molecule has 4 aromatic rings. The SMILES string of the molecule is CCc1nc2ccc(Br)cc2c(=O)n1N=Cc1c(C)n([C@H](C)C(=O)O)c2ccccc12. The summed E-state index contributed by atoms with van der Waals surface area (Å²) in [5, 5.41) is 15.4. The van der Waals surface area contributed by atoms with Crippen LogP contribution in [-0.2, 0) is 11.2 Å². The Balaban J connectivity index is 1.93. The van der Waals surface area contributed by atoms with Crippen molar-refractivity contribution in [3.63, 3.8) is 0 Å². The summed E-state index contributed by atoms with van der Waals surface area (Å²) >= 11 is 3.40. The van der Waals surface area contributed by atoms with Crippen molar-refractivity contribution in [2.24, 2.45) is 5.10 Å². The molecule has 7 nitrogen and oxygen atoms in total. The van der Waals surface area contributed by atoms with Gasteiger partial charge in [-0.2, -0.15) is 9.78 Å². The van der Waals surface area contributed by atoms with E-state index in [9.17, 15) is 14.7 Å². The zero-order valence-corrected chi connectivity index (χ0v) is 18.9. The van der Waals surface area contributed by atoms with Crippen LogP contribution in [-0.4, -0.2) is 31.5 Å². The van der Waals surface area contributed by atoms with Crippen molar-refractivity contribution in [2.75, 3.05) is 0 Å². The van der Waals surface area contributed by atoms with Crippen LogP contribution in [0.25, 0.3) is 21.8 Å². The van der Waals surface area contributed by atoms with Crippen LogP contribution in [0.3, 0.4) is 0 Å². The third-order valence-electron chi connectivity index (χ3n) is 5.44. The second kappa shape index (κ2) is 8.11. The number of hydrogen-bond donors (Lipinski definition) is 1. The van der Waals surface area contributed by atoms with Gasteiger partial charge in [-0.3, -0.25) is 4.79 Å². The highest BCUT2D eigenvalue weighted by Gasteiger charge is 2.21. The van der Waals surface area contributed by atoms with Crippen LogP contribution in [0.1, 0.15) is 37.0 Å². The summed E-state index contributed by atoms with van der Waals surface area (Å²) in [4.78, 5) is 29.4. The molecule has 1 N–H and O–H groups in total. The number of para-hydroxylation sites is 1. The number of hydrogen-bond acceptors (Lipinski definition) is 4. The summed E-state index contributed by atoms with van der Waals surface area (Å²) in [7, 11) is 0. The van der Waals surface area contributed by atoms with Gasteiger partial charge in [-0.15, -0.1) is 0 Å². The molecule has 31 heavy (non-hydrogen) atoms. The molecule has 0 bridgehead atoms. The molecular weight excluding hydrogens is 460 g/mol. The normalized spacial score (nSPS) is 12.8. The molecule has 0 aliphatic carbocycles. The number of nitrogens with zero attached hydrogens (tertiary/aromatic N) is 4. The molecule has 0 amide bonds. The quantitative estimate of drug-likeness (QED) is 0.425. The zero-order valence-electron chi connectivity index (χ0n) is 17.3. The van der Waals surface area contributed by atoms with E-state index < -0.39 is 12.0 Å². The van der Waals surface area contributed by atoms with Gasteiger partial charge in [0.2, 0.25) is 0 Å². The Morgan fingerprint density at radius 3 is 2.71 bits per heavy atom. The lowest BCUT2D eigenvalue weighted by atomic mass is 10.1. The van der Waals surface area contributed by atoms with Crippen LogP contribution in [0.15, 0.2) is 56.8 Å². The molecule has 2 aromatic carbocycles. The molecule has 2 aromatic heterocycles. The first-order chi connectivity index (χ1) is 14.8. The minimum Gasteiger partial charge on any atom is -0.480 e. The van der Waals surface area contributed by atoms with Crippen molar-refractivity contribution in [3.8, 4) is 0 Å². The van der Waals surface area contributed by atoms with Crippen LogP contribution in [0, 0.1) is 6.92 Å². The standard InChI is InChI=1S/C23H21BrN4O3/c1-4-21-26-19-10-9-15(24)11-17(19)22(29)28(21)25-12-18-13(2)27(14(3)23(30)31)20-8-6-5-7-16(18)20/h5-12,14H,4H2,1-3H3,(H,30,31)/t14-/m1/s1. The maximum Gasteiger partial charge on any atom is 0.326 e. The van der Waals surface area contributed by atoms with Gasteiger partial charge in [0, 0.05) is 33.1 Å². The molecule has 0 aliphatic rings. The Bertz CT molecular complexity index is 1420. The van der Waals surface area contributed by atoms with Crippen LogP contribution >= 0.6 is 15.9 Å². The van der Waals surface area contributed by atoms with Gasteiger partial charge in [0.25, 0.3) is 5.56 Å². The Morgan fingerprint density at radius 2 is 2.00 bits per heavy atom. The lowest BCUT2D eigenvalue weighted by Gasteiger charge is -2.13. The van der Waals surface area contributed by atoms with Crippen LogP contribution in [0.5, 0.6) is 0 Å². The largest absolute Gasteiger partial charge is 0.480 e. The number of carbonyl (C=O) groups is 1. The van der Waals surface area contributed by atoms with E-state index in [0.717, 1.165) is 26.6 Å². The Morgan fingerprint density at radius 1 is 1.26 bits per heavy atom.